The topological polar surface area (TPSA) is 93.8 Å². The van der Waals surface area contributed by atoms with Gasteiger partial charge in [0.05, 0.1) is 11.4 Å². The molecule has 3 heterocycles. The van der Waals surface area contributed by atoms with Crippen molar-refractivity contribution in [2.24, 2.45) is 0 Å². The molecule has 0 bridgehead atoms. The van der Waals surface area contributed by atoms with Crippen LogP contribution in [0, 0.1) is 6.92 Å². The molecule has 3 rings (SSSR count). The number of hydrogen-bond acceptors (Lipinski definition) is 7. The molecule has 8 heteroatoms. The van der Waals surface area contributed by atoms with E-state index in [4.69, 9.17) is 4.52 Å². The normalized spacial score (nSPS) is 10.5. The molecule has 0 aliphatic rings. The molecule has 3 aromatic rings. The van der Waals surface area contributed by atoms with Crippen molar-refractivity contribution in [3.8, 4) is 11.3 Å². The SMILES string of the molecule is Cc1cc(NC(=O)CSc2ccc(-c3ccncc3)nn2)no1. The van der Waals surface area contributed by atoms with Gasteiger partial charge in [0, 0.05) is 24.0 Å². The van der Waals surface area contributed by atoms with Gasteiger partial charge >= 0.3 is 0 Å². The van der Waals surface area contributed by atoms with E-state index >= 15 is 0 Å². The van der Waals surface area contributed by atoms with Crippen molar-refractivity contribution in [1.82, 2.24) is 20.3 Å². The molecule has 7 nitrogen and oxygen atoms in total. The average Bonchev–Trinajstić information content (AvgIpc) is 2.99. The van der Waals surface area contributed by atoms with Gasteiger partial charge in [-0.3, -0.25) is 9.78 Å². The summed E-state index contributed by atoms with van der Waals surface area (Å²) in [6.07, 6.45) is 3.41. The molecular weight excluding hydrogens is 314 g/mol. The molecule has 0 aliphatic carbocycles. The monoisotopic (exact) mass is 327 g/mol. The molecule has 0 aliphatic heterocycles. The maximum Gasteiger partial charge on any atom is 0.236 e. The fourth-order valence-corrected chi connectivity index (χ4v) is 2.43. The van der Waals surface area contributed by atoms with Crippen molar-refractivity contribution < 1.29 is 9.32 Å². The van der Waals surface area contributed by atoms with Crippen LogP contribution in [-0.2, 0) is 4.79 Å². The first-order valence-electron chi connectivity index (χ1n) is 6.81. The summed E-state index contributed by atoms with van der Waals surface area (Å²) in [5.74, 6) is 1.09. The molecule has 0 fully saturated rings. The fourth-order valence-electron chi connectivity index (χ4n) is 1.82. The van der Waals surface area contributed by atoms with Gasteiger partial charge in [0.1, 0.15) is 10.8 Å². The van der Waals surface area contributed by atoms with Crippen molar-refractivity contribution in [3.63, 3.8) is 0 Å². The maximum absolute atomic E-state index is 11.8. The van der Waals surface area contributed by atoms with Gasteiger partial charge in [0.2, 0.25) is 5.91 Å². The van der Waals surface area contributed by atoms with E-state index in [1.165, 1.54) is 11.8 Å². The number of hydrogen-bond donors (Lipinski definition) is 1. The minimum Gasteiger partial charge on any atom is -0.360 e. The Hall–Kier alpha value is -2.74. The number of nitrogens with zero attached hydrogens (tertiary/aromatic N) is 4. The lowest BCUT2D eigenvalue weighted by molar-refractivity contribution is -0.113. The van der Waals surface area contributed by atoms with Crippen LogP contribution in [-0.4, -0.2) is 32.0 Å². The highest BCUT2D eigenvalue weighted by Crippen LogP contribution is 2.19. The molecule has 1 amide bonds. The summed E-state index contributed by atoms with van der Waals surface area (Å²) in [7, 11) is 0. The highest BCUT2D eigenvalue weighted by Gasteiger charge is 2.08. The lowest BCUT2D eigenvalue weighted by Gasteiger charge is -2.02. The van der Waals surface area contributed by atoms with Crippen LogP contribution in [0.4, 0.5) is 5.82 Å². The number of aryl methyl sites for hydroxylation is 1. The van der Waals surface area contributed by atoms with Gasteiger partial charge in [-0.1, -0.05) is 16.9 Å². The largest absolute Gasteiger partial charge is 0.360 e. The average molecular weight is 327 g/mol. The van der Waals surface area contributed by atoms with E-state index in [0.717, 1.165) is 11.3 Å². The second-order valence-electron chi connectivity index (χ2n) is 4.65. The molecule has 0 aromatic carbocycles. The molecule has 0 unspecified atom stereocenters. The van der Waals surface area contributed by atoms with Crippen LogP contribution in [0.25, 0.3) is 11.3 Å². The van der Waals surface area contributed by atoms with Crippen LogP contribution in [0.2, 0.25) is 0 Å². The highest BCUT2D eigenvalue weighted by molar-refractivity contribution is 7.99. The quantitative estimate of drug-likeness (QED) is 0.720. The van der Waals surface area contributed by atoms with Crippen LogP contribution in [0.15, 0.2) is 52.3 Å². The van der Waals surface area contributed by atoms with E-state index in [2.05, 4.69) is 25.7 Å². The molecular formula is C15H13N5O2S. The molecule has 0 spiro atoms. The first kappa shape index (κ1) is 15.2. The second kappa shape index (κ2) is 7.01. The zero-order valence-electron chi connectivity index (χ0n) is 12.3. The standard InChI is InChI=1S/C15H13N5O2S/c1-10-8-13(20-22-10)17-14(21)9-23-15-3-2-12(18-19-15)11-4-6-16-7-5-11/h2-8H,9H2,1H3,(H,17,20,21). The number of rotatable bonds is 5. The van der Waals surface area contributed by atoms with E-state index in [1.807, 2.05) is 24.3 Å². The van der Waals surface area contributed by atoms with Gasteiger partial charge in [-0.05, 0) is 31.2 Å². The molecule has 0 atom stereocenters. The van der Waals surface area contributed by atoms with E-state index in [1.54, 1.807) is 25.4 Å². The number of carbonyl (C=O) groups is 1. The van der Waals surface area contributed by atoms with Gasteiger partial charge in [0.25, 0.3) is 0 Å². The van der Waals surface area contributed by atoms with Gasteiger partial charge in [0.15, 0.2) is 5.82 Å². The van der Waals surface area contributed by atoms with Crippen molar-refractivity contribution in [3.05, 3.63) is 48.5 Å². The second-order valence-corrected chi connectivity index (χ2v) is 5.65. The lowest BCUT2D eigenvalue weighted by Crippen LogP contribution is -2.14. The molecule has 0 radical (unpaired) electrons. The maximum atomic E-state index is 11.8. The number of amides is 1. The Morgan fingerprint density at radius 1 is 1.22 bits per heavy atom. The Labute approximate surface area is 136 Å². The minimum atomic E-state index is -0.177. The minimum absolute atomic E-state index is 0.177. The predicted octanol–water partition coefficient (Wildman–Crippen LogP) is 2.57. The highest BCUT2D eigenvalue weighted by atomic mass is 32.2. The number of anilines is 1. The Morgan fingerprint density at radius 3 is 2.70 bits per heavy atom. The molecule has 3 aromatic heterocycles. The smallest absolute Gasteiger partial charge is 0.236 e. The summed E-state index contributed by atoms with van der Waals surface area (Å²) in [5, 5.41) is 15.3. The molecule has 23 heavy (non-hydrogen) atoms. The van der Waals surface area contributed by atoms with Crippen molar-refractivity contribution >= 4 is 23.5 Å². The van der Waals surface area contributed by atoms with Crippen molar-refractivity contribution in [1.29, 1.82) is 0 Å². The van der Waals surface area contributed by atoms with E-state index in [-0.39, 0.29) is 11.7 Å². The Kier molecular flexibility index (Phi) is 4.62. The molecule has 0 saturated carbocycles. The van der Waals surface area contributed by atoms with Crippen molar-refractivity contribution in [2.45, 2.75) is 11.9 Å². The van der Waals surface area contributed by atoms with Crippen LogP contribution in [0.1, 0.15) is 5.76 Å². The summed E-state index contributed by atoms with van der Waals surface area (Å²) in [4.78, 5) is 15.8. The Bertz CT molecular complexity index is 789. The van der Waals surface area contributed by atoms with Crippen LogP contribution < -0.4 is 5.32 Å². The molecule has 116 valence electrons. The molecule has 0 saturated heterocycles. The third kappa shape index (κ3) is 4.13. The van der Waals surface area contributed by atoms with E-state index < -0.39 is 0 Å². The van der Waals surface area contributed by atoms with Crippen LogP contribution in [0.3, 0.4) is 0 Å². The lowest BCUT2D eigenvalue weighted by atomic mass is 10.2. The third-order valence-electron chi connectivity index (χ3n) is 2.86. The van der Waals surface area contributed by atoms with Gasteiger partial charge in [-0.2, -0.15) is 0 Å². The third-order valence-corrected chi connectivity index (χ3v) is 3.78. The van der Waals surface area contributed by atoms with Crippen molar-refractivity contribution in [2.75, 3.05) is 11.1 Å². The van der Waals surface area contributed by atoms with Gasteiger partial charge in [-0.15, -0.1) is 10.2 Å². The first-order valence-corrected chi connectivity index (χ1v) is 7.79. The summed E-state index contributed by atoms with van der Waals surface area (Å²) >= 11 is 1.30. The van der Waals surface area contributed by atoms with Crippen LogP contribution in [0.5, 0.6) is 0 Å². The number of pyridine rings is 1. The summed E-state index contributed by atoms with van der Waals surface area (Å²) in [5.41, 5.74) is 1.71. The Balaban J connectivity index is 1.55. The summed E-state index contributed by atoms with van der Waals surface area (Å²) in [6, 6.07) is 9.09. The zero-order chi connectivity index (χ0) is 16.1. The number of thioether (sulfide) groups is 1. The zero-order valence-corrected chi connectivity index (χ0v) is 13.1. The fraction of sp³-hybridized carbons (Fsp3) is 0.133. The summed E-state index contributed by atoms with van der Waals surface area (Å²) < 4.78 is 4.89. The predicted molar refractivity (Wildman–Crippen MR) is 85.9 cm³/mol. The molecule has 1 N–H and O–H groups in total. The van der Waals surface area contributed by atoms with E-state index in [0.29, 0.717) is 16.6 Å². The number of carbonyl (C=O) groups excluding carboxylic acids is 1. The first-order chi connectivity index (χ1) is 11.2. The van der Waals surface area contributed by atoms with Crippen LogP contribution >= 0.6 is 11.8 Å². The number of nitrogens with one attached hydrogen (secondary N) is 1. The van der Waals surface area contributed by atoms with Gasteiger partial charge < -0.3 is 9.84 Å². The number of aromatic nitrogens is 4. The van der Waals surface area contributed by atoms with Gasteiger partial charge in [-0.25, -0.2) is 0 Å². The summed E-state index contributed by atoms with van der Waals surface area (Å²) in [6.45, 7) is 1.76. The van der Waals surface area contributed by atoms with E-state index in [9.17, 15) is 4.79 Å². The Morgan fingerprint density at radius 2 is 2.04 bits per heavy atom.